The van der Waals surface area contributed by atoms with Crippen molar-refractivity contribution in [3.8, 4) is 0 Å². The quantitative estimate of drug-likeness (QED) is 0.627. The molecule has 1 amide bonds. The predicted molar refractivity (Wildman–Crippen MR) is 69.9 cm³/mol. The fraction of sp³-hybridized carbons (Fsp3) is 0.182. The van der Waals surface area contributed by atoms with E-state index in [2.05, 4.69) is 10.2 Å². The third kappa shape index (κ3) is 2.62. The highest BCUT2D eigenvalue weighted by Gasteiger charge is 2.07. The first kappa shape index (κ1) is 12.4. The molecule has 6 nitrogen and oxygen atoms in total. The second-order valence-electron chi connectivity index (χ2n) is 3.79. The van der Waals surface area contributed by atoms with Gasteiger partial charge < -0.3 is 16.0 Å². The predicted octanol–water partition coefficient (Wildman–Crippen LogP) is 0.788. The number of primary amides is 1. The molecule has 0 unspecified atom stereocenters. The Balaban J connectivity index is 2.11. The van der Waals surface area contributed by atoms with Crippen LogP contribution >= 0.6 is 11.8 Å². The van der Waals surface area contributed by atoms with Crippen LogP contribution in [0.25, 0.3) is 0 Å². The summed E-state index contributed by atoms with van der Waals surface area (Å²) in [5.74, 6) is 0.187. The normalized spacial score (nSPS) is 10.5. The van der Waals surface area contributed by atoms with Crippen LogP contribution in [0.5, 0.6) is 0 Å². The number of benzene rings is 1. The molecule has 0 aliphatic carbocycles. The Morgan fingerprint density at radius 1 is 1.50 bits per heavy atom. The maximum absolute atomic E-state index is 11.0. The van der Waals surface area contributed by atoms with Crippen molar-refractivity contribution in [2.75, 3.05) is 5.73 Å². The van der Waals surface area contributed by atoms with E-state index in [1.807, 2.05) is 11.6 Å². The molecule has 0 bridgehead atoms. The molecule has 0 fully saturated rings. The number of nitrogens with zero attached hydrogens (tertiary/aromatic N) is 3. The lowest BCUT2D eigenvalue weighted by atomic mass is 10.1. The molecule has 2 aromatic rings. The number of nitrogens with two attached hydrogens (primary N) is 2. The Bertz CT molecular complexity index is 581. The number of carbonyl (C=O) groups excluding carboxylic acids is 1. The molecule has 1 aromatic carbocycles. The largest absolute Gasteiger partial charge is 0.398 e. The van der Waals surface area contributed by atoms with Crippen LogP contribution in [0.4, 0.5) is 5.69 Å². The van der Waals surface area contributed by atoms with Crippen LogP contribution in [0.15, 0.2) is 29.7 Å². The SMILES string of the molecule is Cn1cnnc1SCc1ccc(C(N)=O)cc1N. The Morgan fingerprint density at radius 3 is 2.83 bits per heavy atom. The minimum atomic E-state index is -0.478. The highest BCUT2D eigenvalue weighted by Crippen LogP contribution is 2.24. The monoisotopic (exact) mass is 263 g/mol. The van der Waals surface area contributed by atoms with E-state index in [4.69, 9.17) is 11.5 Å². The highest BCUT2D eigenvalue weighted by atomic mass is 32.2. The molecule has 0 aliphatic rings. The molecule has 0 atom stereocenters. The van der Waals surface area contributed by atoms with Crippen LogP contribution in [-0.4, -0.2) is 20.7 Å². The van der Waals surface area contributed by atoms with Gasteiger partial charge in [0.15, 0.2) is 5.16 Å². The van der Waals surface area contributed by atoms with Crippen molar-refractivity contribution < 1.29 is 4.79 Å². The fourth-order valence-electron chi connectivity index (χ4n) is 1.43. The molecule has 1 aromatic heterocycles. The number of hydrogen-bond acceptors (Lipinski definition) is 5. The Morgan fingerprint density at radius 2 is 2.28 bits per heavy atom. The van der Waals surface area contributed by atoms with Crippen molar-refractivity contribution in [3.63, 3.8) is 0 Å². The number of nitrogen functional groups attached to an aromatic ring is 1. The molecule has 4 N–H and O–H groups in total. The molecule has 0 radical (unpaired) electrons. The van der Waals surface area contributed by atoms with Crippen LogP contribution < -0.4 is 11.5 Å². The molecule has 2 rings (SSSR count). The van der Waals surface area contributed by atoms with Crippen molar-refractivity contribution in [1.82, 2.24) is 14.8 Å². The van der Waals surface area contributed by atoms with E-state index in [1.54, 1.807) is 24.5 Å². The summed E-state index contributed by atoms with van der Waals surface area (Å²) < 4.78 is 1.83. The lowest BCUT2D eigenvalue weighted by Gasteiger charge is -2.06. The third-order valence-corrected chi connectivity index (χ3v) is 3.54. The van der Waals surface area contributed by atoms with Crippen molar-refractivity contribution in [3.05, 3.63) is 35.7 Å². The minimum absolute atomic E-state index is 0.417. The van der Waals surface area contributed by atoms with Crippen LogP contribution in [0.2, 0.25) is 0 Å². The molecule has 1 heterocycles. The summed E-state index contributed by atoms with van der Waals surface area (Å²) in [6, 6.07) is 5.07. The third-order valence-electron chi connectivity index (χ3n) is 2.46. The summed E-state index contributed by atoms with van der Waals surface area (Å²) in [5.41, 5.74) is 13.0. The van der Waals surface area contributed by atoms with E-state index in [9.17, 15) is 4.79 Å². The zero-order valence-corrected chi connectivity index (χ0v) is 10.6. The zero-order valence-electron chi connectivity index (χ0n) is 9.83. The first-order valence-corrected chi connectivity index (χ1v) is 6.21. The number of hydrogen-bond donors (Lipinski definition) is 2. The molecule has 94 valence electrons. The Kier molecular flexibility index (Phi) is 3.52. The van der Waals surface area contributed by atoms with E-state index in [1.165, 1.54) is 11.8 Å². The molecule has 0 spiro atoms. The summed E-state index contributed by atoms with van der Waals surface area (Å²) in [6.07, 6.45) is 1.64. The highest BCUT2D eigenvalue weighted by molar-refractivity contribution is 7.98. The van der Waals surface area contributed by atoms with Gasteiger partial charge in [-0.3, -0.25) is 4.79 Å². The van der Waals surface area contributed by atoms with Crippen LogP contribution in [-0.2, 0) is 12.8 Å². The Hall–Kier alpha value is -2.02. The molecule has 7 heteroatoms. The summed E-state index contributed by atoms with van der Waals surface area (Å²) in [7, 11) is 1.88. The van der Waals surface area contributed by atoms with Crippen LogP contribution in [0.3, 0.4) is 0 Å². The number of anilines is 1. The van der Waals surface area contributed by atoms with E-state index in [0.717, 1.165) is 10.7 Å². The number of aryl methyl sites for hydroxylation is 1. The number of amides is 1. The first-order valence-electron chi connectivity index (χ1n) is 5.23. The average molecular weight is 263 g/mol. The van der Waals surface area contributed by atoms with E-state index < -0.39 is 5.91 Å². The lowest BCUT2D eigenvalue weighted by molar-refractivity contribution is 0.100. The molecular formula is C11H13N5OS. The number of aromatic nitrogens is 3. The van der Waals surface area contributed by atoms with Gasteiger partial charge in [-0.1, -0.05) is 17.8 Å². The van der Waals surface area contributed by atoms with Gasteiger partial charge in [0.05, 0.1) is 0 Å². The number of carbonyl (C=O) groups is 1. The maximum atomic E-state index is 11.0. The summed E-state index contributed by atoms with van der Waals surface area (Å²) in [6.45, 7) is 0. The topological polar surface area (TPSA) is 99.8 Å². The summed E-state index contributed by atoms with van der Waals surface area (Å²) >= 11 is 1.53. The first-order chi connectivity index (χ1) is 8.58. The zero-order chi connectivity index (χ0) is 13.1. The van der Waals surface area contributed by atoms with E-state index in [0.29, 0.717) is 17.0 Å². The van der Waals surface area contributed by atoms with Crippen molar-refractivity contribution in [2.24, 2.45) is 12.8 Å². The van der Waals surface area contributed by atoms with Crippen LogP contribution in [0.1, 0.15) is 15.9 Å². The average Bonchev–Trinajstić information content (AvgIpc) is 2.73. The van der Waals surface area contributed by atoms with Gasteiger partial charge in [-0.25, -0.2) is 0 Å². The number of rotatable bonds is 4. The minimum Gasteiger partial charge on any atom is -0.398 e. The lowest BCUT2D eigenvalue weighted by Crippen LogP contribution is -2.11. The molecular weight excluding hydrogens is 250 g/mol. The van der Waals surface area contributed by atoms with Crippen LogP contribution in [0, 0.1) is 0 Å². The van der Waals surface area contributed by atoms with E-state index >= 15 is 0 Å². The summed E-state index contributed by atoms with van der Waals surface area (Å²) in [5, 5.41) is 8.57. The maximum Gasteiger partial charge on any atom is 0.248 e. The fourth-order valence-corrected chi connectivity index (χ4v) is 2.33. The standard InChI is InChI=1S/C11H13N5OS/c1-16-6-14-15-11(16)18-5-8-3-2-7(10(13)17)4-9(8)12/h2-4,6H,5,12H2,1H3,(H2,13,17). The molecule has 0 saturated heterocycles. The van der Waals surface area contributed by atoms with Gasteiger partial charge in [0.2, 0.25) is 5.91 Å². The second-order valence-corrected chi connectivity index (χ2v) is 4.73. The molecule has 0 aliphatic heterocycles. The second kappa shape index (κ2) is 5.09. The van der Waals surface area contributed by atoms with E-state index in [-0.39, 0.29) is 0 Å². The molecule has 18 heavy (non-hydrogen) atoms. The van der Waals surface area contributed by atoms with Gasteiger partial charge >= 0.3 is 0 Å². The van der Waals surface area contributed by atoms with Crippen molar-refractivity contribution in [2.45, 2.75) is 10.9 Å². The van der Waals surface area contributed by atoms with Gasteiger partial charge in [0.25, 0.3) is 0 Å². The molecule has 0 saturated carbocycles. The summed E-state index contributed by atoms with van der Waals surface area (Å²) in [4.78, 5) is 11.0. The van der Waals surface area contributed by atoms with Gasteiger partial charge in [0.1, 0.15) is 6.33 Å². The van der Waals surface area contributed by atoms with Crippen molar-refractivity contribution in [1.29, 1.82) is 0 Å². The van der Waals surface area contributed by atoms with Gasteiger partial charge in [0, 0.05) is 24.1 Å². The van der Waals surface area contributed by atoms with Gasteiger partial charge in [-0.2, -0.15) is 0 Å². The van der Waals surface area contributed by atoms with Gasteiger partial charge in [-0.05, 0) is 17.7 Å². The number of thioether (sulfide) groups is 1. The van der Waals surface area contributed by atoms with Gasteiger partial charge in [-0.15, -0.1) is 10.2 Å². The smallest absolute Gasteiger partial charge is 0.248 e. The Labute approximate surface area is 108 Å². The van der Waals surface area contributed by atoms with Crippen molar-refractivity contribution >= 4 is 23.4 Å².